The number of alkyl halides is 2. The molecule has 1 unspecified atom stereocenters. The van der Waals surface area contributed by atoms with Crippen LogP contribution in [0.3, 0.4) is 0 Å². The maximum absolute atomic E-state index is 12.5. The lowest BCUT2D eigenvalue weighted by Crippen LogP contribution is -2.45. The number of benzene rings is 1. The van der Waals surface area contributed by atoms with Crippen molar-refractivity contribution in [3.63, 3.8) is 0 Å². The summed E-state index contributed by atoms with van der Waals surface area (Å²) < 4.78 is 29.7. The predicted molar refractivity (Wildman–Crippen MR) is 92.8 cm³/mol. The van der Waals surface area contributed by atoms with Gasteiger partial charge in [-0.15, -0.1) is 0 Å². The van der Waals surface area contributed by atoms with Gasteiger partial charge in [-0.1, -0.05) is 18.2 Å². The fourth-order valence-electron chi connectivity index (χ4n) is 3.48. The predicted octanol–water partition coefficient (Wildman–Crippen LogP) is 3.45. The number of rotatable bonds is 5. The van der Waals surface area contributed by atoms with E-state index in [4.69, 9.17) is 0 Å². The maximum Gasteiger partial charge on any atom is 0.387 e. The van der Waals surface area contributed by atoms with Gasteiger partial charge in [0.05, 0.1) is 0 Å². The van der Waals surface area contributed by atoms with Gasteiger partial charge < -0.3 is 10.1 Å². The van der Waals surface area contributed by atoms with Crippen LogP contribution in [0.25, 0.3) is 0 Å². The van der Waals surface area contributed by atoms with E-state index in [1.807, 2.05) is 38.2 Å². The van der Waals surface area contributed by atoms with E-state index < -0.39 is 6.61 Å². The summed E-state index contributed by atoms with van der Waals surface area (Å²) in [5.74, 6) is 0.280. The van der Waals surface area contributed by atoms with Crippen LogP contribution in [-0.2, 0) is 6.54 Å². The molecule has 1 aromatic heterocycles. The van der Waals surface area contributed by atoms with E-state index in [0.29, 0.717) is 0 Å². The first-order valence-electron chi connectivity index (χ1n) is 8.44. The summed E-state index contributed by atoms with van der Waals surface area (Å²) in [5, 5.41) is 3.43. The molecule has 0 radical (unpaired) electrons. The van der Waals surface area contributed by atoms with Gasteiger partial charge in [0.2, 0.25) is 0 Å². The van der Waals surface area contributed by atoms with Crippen LogP contribution in [0.1, 0.15) is 28.3 Å². The number of nitrogens with zero attached hydrogens (tertiary/aromatic N) is 2. The fraction of sp³-hybridized carbons (Fsp3) is 0.421. The van der Waals surface area contributed by atoms with Gasteiger partial charge in [-0.25, -0.2) is 0 Å². The zero-order chi connectivity index (χ0) is 17.8. The van der Waals surface area contributed by atoms with Crippen molar-refractivity contribution in [2.45, 2.75) is 33.0 Å². The molecule has 1 saturated heterocycles. The van der Waals surface area contributed by atoms with E-state index in [1.54, 1.807) is 6.20 Å². The summed E-state index contributed by atoms with van der Waals surface area (Å²) in [6.45, 7) is 4.31. The van der Waals surface area contributed by atoms with Crippen molar-refractivity contribution in [2.24, 2.45) is 0 Å². The third-order valence-electron chi connectivity index (χ3n) is 4.54. The molecule has 0 bridgehead atoms. The van der Waals surface area contributed by atoms with Gasteiger partial charge in [0, 0.05) is 44.6 Å². The molecular weight excluding hydrogens is 324 g/mol. The monoisotopic (exact) mass is 347 g/mol. The third-order valence-corrected chi connectivity index (χ3v) is 4.54. The number of pyridine rings is 1. The molecule has 1 aliphatic rings. The fourth-order valence-corrected chi connectivity index (χ4v) is 3.48. The Bertz CT molecular complexity index is 686. The van der Waals surface area contributed by atoms with Crippen LogP contribution < -0.4 is 10.1 Å². The van der Waals surface area contributed by atoms with E-state index in [9.17, 15) is 8.78 Å². The Morgan fingerprint density at radius 3 is 2.72 bits per heavy atom. The highest BCUT2D eigenvalue weighted by Crippen LogP contribution is 2.29. The molecule has 2 heterocycles. The van der Waals surface area contributed by atoms with Crippen LogP contribution in [-0.4, -0.2) is 36.1 Å². The molecule has 1 atom stereocenters. The van der Waals surface area contributed by atoms with Crippen molar-refractivity contribution in [3.05, 3.63) is 58.9 Å². The minimum Gasteiger partial charge on any atom is -0.434 e. The zero-order valence-electron chi connectivity index (χ0n) is 14.5. The van der Waals surface area contributed by atoms with Gasteiger partial charge in [-0.3, -0.25) is 9.88 Å². The second-order valence-corrected chi connectivity index (χ2v) is 6.41. The summed E-state index contributed by atoms with van der Waals surface area (Å²) in [6.07, 6.45) is 3.68. The molecule has 3 rings (SSSR count). The minimum absolute atomic E-state index is 0.250. The highest BCUT2D eigenvalue weighted by molar-refractivity contribution is 5.43. The average Bonchev–Trinajstić information content (AvgIpc) is 2.59. The molecule has 2 aromatic rings. The van der Waals surface area contributed by atoms with Crippen molar-refractivity contribution in [3.8, 4) is 5.75 Å². The van der Waals surface area contributed by atoms with Crippen molar-refractivity contribution in [1.82, 2.24) is 15.2 Å². The first-order chi connectivity index (χ1) is 12.0. The number of nitrogens with one attached hydrogen (secondary N) is 1. The molecule has 134 valence electrons. The molecule has 1 fully saturated rings. The Morgan fingerprint density at radius 2 is 2.08 bits per heavy atom. The molecular formula is C19H23F2N3O. The third kappa shape index (κ3) is 4.32. The lowest BCUT2D eigenvalue weighted by Gasteiger charge is -2.36. The largest absolute Gasteiger partial charge is 0.434 e. The van der Waals surface area contributed by atoms with Crippen LogP contribution in [0.2, 0.25) is 0 Å². The number of aromatic nitrogens is 1. The van der Waals surface area contributed by atoms with Crippen LogP contribution in [0.15, 0.2) is 36.7 Å². The van der Waals surface area contributed by atoms with Crippen LogP contribution in [0.5, 0.6) is 5.75 Å². The number of hydrogen-bond donors (Lipinski definition) is 1. The molecule has 25 heavy (non-hydrogen) atoms. The Morgan fingerprint density at radius 1 is 1.32 bits per heavy atom. The number of piperazine rings is 1. The van der Waals surface area contributed by atoms with Gasteiger partial charge in [0.1, 0.15) is 5.75 Å². The van der Waals surface area contributed by atoms with Crippen LogP contribution in [0, 0.1) is 13.8 Å². The number of aryl methyl sites for hydroxylation is 2. The van der Waals surface area contributed by atoms with Gasteiger partial charge in [-0.2, -0.15) is 8.78 Å². The molecule has 1 aromatic carbocycles. The number of ether oxygens (including phenoxy) is 1. The van der Waals surface area contributed by atoms with E-state index in [0.717, 1.165) is 42.9 Å². The van der Waals surface area contributed by atoms with Gasteiger partial charge in [-0.05, 0) is 42.2 Å². The normalized spacial score (nSPS) is 18.5. The van der Waals surface area contributed by atoms with E-state index >= 15 is 0 Å². The van der Waals surface area contributed by atoms with E-state index in [1.165, 1.54) is 5.56 Å². The molecule has 0 spiro atoms. The summed E-state index contributed by atoms with van der Waals surface area (Å²) in [6, 6.07) is 8.17. The van der Waals surface area contributed by atoms with Crippen LogP contribution in [0.4, 0.5) is 8.78 Å². The zero-order valence-corrected chi connectivity index (χ0v) is 14.5. The smallest absolute Gasteiger partial charge is 0.387 e. The van der Waals surface area contributed by atoms with Gasteiger partial charge >= 0.3 is 6.61 Å². The number of halogens is 2. The van der Waals surface area contributed by atoms with Crippen LogP contribution >= 0.6 is 0 Å². The topological polar surface area (TPSA) is 37.4 Å². The average molecular weight is 347 g/mol. The first kappa shape index (κ1) is 17.8. The van der Waals surface area contributed by atoms with Crippen molar-refractivity contribution >= 4 is 0 Å². The highest BCUT2D eigenvalue weighted by atomic mass is 19.3. The quantitative estimate of drug-likeness (QED) is 0.899. The highest BCUT2D eigenvalue weighted by Gasteiger charge is 2.24. The maximum atomic E-state index is 12.5. The minimum atomic E-state index is -2.80. The Hall–Kier alpha value is -2.05. The molecule has 1 N–H and O–H groups in total. The SMILES string of the molecule is Cc1cc(CN2CCNCC2c2cccnc2)cc(C)c1OC(F)F. The molecule has 6 heteroatoms. The Kier molecular flexibility index (Phi) is 5.60. The van der Waals surface area contributed by atoms with E-state index in [2.05, 4.69) is 26.0 Å². The summed E-state index contributed by atoms with van der Waals surface area (Å²) in [7, 11) is 0. The molecule has 0 saturated carbocycles. The molecule has 0 amide bonds. The summed E-state index contributed by atoms with van der Waals surface area (Å²) in [5.41, 5.74) is 3.76. The molecule has 1 aliphatic heterocycles. The first-order valence-corrected chi connectivity index (χ1v) is 8.44. The molecule has 0 aliphatic carbocycles. The Labute approximate surface area is 146 Å². The van der Waals surface area contributed by atoms with Crippen molar-refractivity contribution in [1.29, 1.82) is 0 Å². The summed E-state index contributed by atoms with van der Waals surface area (Å²) >= 11 is 0. The lowest BCUT2D eigenvalue weighted by atomic mass is 10.0. The summed E-state index contributed by atoms with van der Waals surface area (Å²) in [4.78, 5) is 6.62. The second-order valence-electron chi connectivity index (χ2n) is 6.41. The van der Waals surface area contributed by atoms with Gasteiger partial charge in [0.25, 0.3) is 0 Å². The van der Waals surface area contributed by atoms with E-state index in [-0.39, 0.29) is 11.8 Å². The standard InChI is InChI=1S/C19H23F2N3O/c1-13-8-15(9-14(2)18(13)25-19(20)21)12-24-7-6-23-11-17(24)16-4-3-5-22-10-16/h3-5,8-10,17,19,23H,6-7,11-12H2,1-2H3. The van der Waals surface area contributed by atoms with Crippen molar-refractivity contribution in [2.75, 3.05) is 19.6 Å². The number of hydrogen-bond acceptors (Lipinski definition) is 4. The van der Waals surface area contributed by atoms with Gasteiger partial charge in [0.15, 0.2) is 0 Å². The lowest BCUT2D eigenvalue weighted by molar-refractivity contribution is -0.0507. The second kappa shape index (κ2) is 7.89. The molecule has 4 nitrogen and oxygen atoms in total. The Balaban J connectivity index is 1.80. The van der Waals surface area contributed by atoms with Crippen molar-refractivity contribution < 1.29 is 13.5 Å².